The van der Waals surface area contributed by atoms with Crippen LogP contribution in [0, 0.1) is 0 Å². The van der Waals surface area contributed by atoms with E-state index >= 15 is 0 Å². The summed E-state index contributed by atoms with van der Waals surface area (Å²) in [6.07, 6.45) is 4.18. The lowest BCUT2D eigenvalue weighted by Gasteiger charge is -2.26. The van der Waals surface area contributed by atoms with Gasteiger partial charge >= 0.3 is 0 Å². The third-order valence-corrected chi connectivity index (χ3v) is 3.93. The Morgan fingerprint density at radius 2 is 2.27 bits per heavy atom. The van der Waals surface area contributed by atoms with Crippen molar-refractivity contribution in [3.05, 3.63) is 22.0 Å². The van der Waals surface area contributed by atoms with Gasteiger partial charge in [-0.1, -0.05) is 20.7 Å². The van der Waals surface area contributed by atoms with Gasteiger partial charge in [0.15, 0.2) is 0 Å². The normalized spacial score (nSPS) is 22.0. The number of ether oxygens (including phenoxy) is 2. The average Bonchev–Trinajstić information content (AvgIpc) is 2.32. The van der Waals surface area contributed by atoms with Crippen LogP contribution in [0.2, 0.25) is 0 Å². The fourth-order valence-electron chi connectivity index (χ4n) is 1.51. The highest BCUT2D eigenvalue weighted by Crippen LogP contribution is 2.10. The summed E-state index contributed by atoms with van der Waals surface area (Å²) in [6.45, 7) is 5.58. The molecule has 84 valence electrons. The monoisotopic (exact) mass is 321 g/mol. The maximum atomic E-state index is 5.66. The number of allylic oxidation sites excluding steroid dienone is 2. The Labute approximate surface area is 100 Å². The van der Waals surface area contributed by atoms with Crippen LogP contribution >= 0.6 is 20.7 Å². The molecule has 1 saturated heterocycles. The fourth-order valence-corrected chi connectivity index (χ4v) is 2.87. The number of nitrogens with zero attached hydrogens (tertiary/aromatic N) is 1. The quantitative estimate of drug-likeness (QED) is 0.733. The summed E-state index contributed by atoms with van der Waals surface area (Å²) in [7, 11) is 0. The lowest BCUT2D eigenvalue weighted by molar-refractivity contribution is 0.0281. The first-order chi connectivity index (χ1) is 7.45. The van der Waals surface area contributed by atoms with Gasteiger partial charge in [-0.25, -0.2) is 0 Å². The van der Waals surface area contributed by atoms with Crippen LogP contribution in [-0.2, 0) is 9.47 Å². The highest BCUT2D eigenvalue weighted by atomic mass is 127. The van der Waals surface area contributed by atoms with E-state index < -0.39 is 0 Å². The summed E-state index contributed by atoms with van der Waals surface area (Å²) in [6, 6.07) is 0. The lowest BCUT2D eigenvalue weighted by Crippen LogP contribution is -2.38. The number of halogens is 1. The van der Waals surface area contributed by atoms with Gasteiger partial charge in [0.1, 0.15) is 12.4 Å². The molecule has 4 heteroatoms. The van der Waals surface area contributed by atoms with E-state index in [0.29, 0.717) is 0 Å². The first kappa shape index (κ1) is 11.3. The largest absolute Gasteiger partial charge is 0.492 e. The molecule has 1 fully saturated rings. The summed E-state index contributed by atoms with van der Waals surface area (Å²) in [4.78, 5) is 2.38. The zero-order valence-electron chi connectivity index (χ0n) is 8.69. The van der Waals surface area contributed by atoms with Crippen molar-refractivity contribution < 1.29 is 9.47 Å². The summed E-state index contributed by atoms with van der Waals surface area (Å²) in [5, 5.41) is 0. The predicted octanol–water partition coefficient (Wildman–Crippen LogP) is 1.52. The third kappa shape index (κ3) is 4.04. The zero-order valence-corrected chi connectivity index (χ0v) is 10.9. The minimum absolute atomic E-state index is 0.170. The second-order valence-electron chi connectivity index (χ2n) is 3.42. The van der Waals surface area contributed by atoms with Gasteiger partial charge in [-0.15, -0.1) is 0 Å². The van der Waals surface area contributed by atoms with Crippen LogP contribution in [-0.4, -0.2) is 48.4 Å². The highest BCUT2D eigenvalue weighted by Gasteiger charge is 2.09. The summed E-state index contributed by atoms with van der Waals surface area (Å²) in [5.74, 6) is 1.01. The van der Waals surface area contributed by atoms with Crippen molar-refractivity contribution in [2.45, 2.75) is 0 Å². The Bertz CT molecular complexity index is 280. The predicted molar refractivity (Wildman–Crippen MR) is 70.5 cm³/mol. The van der Waals surface area contributed by atoms with Crippen molar-refractivity contribution in [2.75, 3.05) is 39.5 Å². The van der Waals surface area contributed by atoms with E-state index in [9.17, 15) is 0 Å². The van der Waals surface area contributed by atoms with Gasteiger partial charge in [0, 0.05) is 19.6 Å². The maximum Gasteiger partial charge on any atom is 0.120 e. The van der Waals surface area contributed by atoms with E-state index in [1.54, 1.807) is 0 Å². The van der Waals surface area contributed by atoms with E-state index in [2.05, 4.69) is 25.1 Å². The second-order valence-corrected chi connectivity index (χ2v) is 5.57. The third-order valence-electron chi connectivity index (χ3n) is 2.38. The Hall–Kier alpha value is -0.200. The van der Waals surface area contributed by atoms with E-state index in [0.717, 1.165) is 45.2 Å². The molecule has 0 atom stereocenters. The van der Waals surface area contributed by atoms with Crippen LogP contribution in [0.5, 0.6) is 0 Å². The molecule has 15 heavy (non-hydrogen) atoms. The van der Waals surface area contributed by atoms with E-state index in [1.165, 1.54) is 0 Å². The molecule has 0 aliphatic carbocycles. The summed E-state index contributed by atoms with van der Waals surface area (Å²) in [5.41, 5.74) is 0. The van der Waals surface area contributed by atoms with E-state index in [-0.39, 0.29) is 20.7 Å². The summed E-state index contributed by atoms with van der Waals surface area (Å²) < 4.78 is 15.4. The van der Waals surface area contributed by atoms with Gasteiger partial charge in [-0.3, -0.25) is 4.90 Å². The number of hydrogen-bond acceptors (Lipinski definition) is 3. The summed E-state index contributed by atoms with van der Waals surface area (Å²) >= 11 is 0.170. The van der Waals surface area contributed by atoms with Crippen molar-refractivity contribution in [3.8, 4) is 0 Å². The van der Waals surface area contributed by atoms with Gasteiger partial charge in [-0.2, -0.15) is 0 Å². The molecule has 2 aliphatic heterocycles. The van der Waals surface area contributed by atoms with Crippen LogP contribution in [0.4, 0.5) is 0 Å². The molecule has 2 rings (SSSR count). The molecule has 0 amide bonds. The maximum absolute atomic E-state index is 5.66. The topological polar surface area (TPSA) is 21.7 Å². The van der Waals surface area contributed by atoms with Crippen molar-refractivity contribution in [2.24, 2.45) is 0 Å². The molecule has 0 N–H and O–H groups in total. The van der Waals surface area contributed by atoms with Crippen molar-refractivity contribution in [1.29, 1.82) is 0 Å². The molecule has 0 saturated carbocycles. The molecule has 2 heterocycles. The van der Waals surface area contributed by atoms with Gasteiger partial charge in [0.25, 0.3) is 0 Å². The molecule has 0 aromatic carbocycles. The molecule has 0 spiro atoms. The molecule has 2 aliphatic rings. The van der Waals surface area contributed by atoms with E-state index in [4.69, 9.17) is 9.47 Å². The average molecular weight is 321 g/mol. The van der Waals surface area contributed by atoms with Crippen molar-refractivity contribution >= 4 is 24.7 Å². The van der Waals surface area contributed by atoms with Crippen LogP contribution in [0.1, 0.15) is 0 Å². The zero-order chi connectivity index (χ0) is 10.3. The smallest absolute Gasteiger partial charge is 0.120 e. The van der Waals surface area contributed by atoms with Crippen LogP contribution in [0.3, 0.4) is 0 Å². The Kier molecular flexibility index (Phi) is 4.82. The Morgan fingerprint density at radius 3 is 3.00 bits per heavy atom. The SMILES string of the molecule is C1=CC(OCCN2CCOCC2)=CC=I1. The molecule has 0 bridgehead atoms. The van der Waals surface area contributed by atoms with Crippen molar-refractivity contribution in [3.63, 3.8) is 0 Å². The van der Waals surface area contributed by atoms with Crippen molar-refractivity contribution in [1.82, 2.24) is 4.90 Å². The minimum Gasteiger partial charge on any atom is -0.492 e. The van der Waals surface area contributed by atoms with Gasteiger partial charge in [0.2, 0.25) is 0 Å². The number of hydrogen-bond donors (Lipinski definition) is 0. The lowest BCUT2D eigenvalue weighted by atomic mass is 10.4. The van der Waals surface area contributed by atoms with Gasteiger partial charge in [-0.05, 0) is 20.2 Å². The highest BCUT2D eigenvalue weighted by molar-refractivity contribution is 14.2. The first-order valence-electron chi connectivity index (χ1n) is 5.20. The number of rotatable bonds is 4. The van der Waals surface area contributed by atoms with E-state index in [1.807, 2.05) is 0 Å². The van der Waals surface area contributed by atoms with Crippen LogP contribution in [0.15, 0.2) is 22.0 Å². The first-order valence-corrected chi connectivity index (χ1v) is 7.69. The fraction of sp³-hybridized carbons (Fsp3) is 0.545. The number of morpholine rings is 1. The molecule has 3 nitrogen and oxygen atoms in total. The Balaban J connectivity index is 1.63. The molecule has 0 aromatic rings. The Morgan fingerprint density at radius 1 is 1.40 bits per heavy atom. The molecule has 0 unspecified atom stereocenters. The molecular formula is C11H16INO2. The molecule has 0 radical (unpaired) electrons. The molecule has 0 aromatic heterocycles. The minimum atomic E-state index is 0.170. The standard InChI is InChI=1S/C11H16INO2/c1-3-12-4-2-11(1)15-10-7-13-5-8-14-9-6-13/h1-4H,5-10H2. The van der Waals surface area contributed by atoms with Gasteiger partial charge in [0.05, 0.1) is 13.2 Å². The second kappa shape index (κ2) is 6.40. The molecular weight excluding hydrogens is 305 g/mol. The van der Waals surface area contributed by atoms with Crippen LogP contribution < -0.4 is 0 Å². The van der Waals surface area contributed by atoms with Crippen LogP contribution in [0.25, 0.3) is 0 Å². The van der Waals surface area contributed by atoms with Gasteiger partial charge < -0.3 is 9.47 Å².